The van der Waals surface area contributed by atoms with Crippen molar-refractivity contribution in [1.82, 2.24) is 9.97 Å². The SMILES string of the molecule is CCc1nc2ccc(NC(=O)CCC(=O)OC)cc2[nH]1. The van der Waals surface area contributed by atoms with E-state index in [1.54, 1.807) is 6.07 Å². The molecular formula is C14H17N3O3. The van der Waals surface area contributed by atoms with Crippen LogP contribution in [0.1, 0.15) is 25.6 Å². The molecule has 6 nitrogen and oxygen atoms in total. The topological polar surface area (TPSA) is 84.1 Å². The maximum Gasteiger partial charge on any atom is 0.306 e. The first-order valence-electron chi connectivity index (χ1n) is 6.47. The normalized spacial score (nSPS) is 10.5. The van der Waals surface area contributed by atoms with E-state index in [-0.39, 0.29) is 18.7 Å². The van der Waals surface area contributed by atoms with Crippen LogP contribution < -0.4 is 5.32 Å². The number of carbonyl (C=O) groups excluding carboxylic acids is 2. The van der Waals surface area contributed by atoms with Gasteiger partial charge in [-0.25, -0.2) is 4.98 Å². The summed E-state index contributed by atoms with van der Waals surface area (Å²) in [6, 6.07) is 5.47. The van der Waals surface area contributed by atoms with Crippen molar-refractivity contribution in [2.24, 2.45) is 0 Å². The first kappa shape index (κ1) is 14.0. The molecule has 0 spiro atoms. The van der Waals surface area contributed by atoms with Gasteiger partial charge >= 0.3 is 5.97 Å². The number of esters is 1. The van der Waals surface area contributed by atoms with Gasteiger partial charge in [0.15, 0.2) is 0 Å². The Hall–Kier alpha value is -2.37. The van der Waals surface area contributed by atoms with E-state index in [1.165, 1.54) is 7.11 Å². The van der Waals surface area contributed by atoms with Gasteiger partial charge in [-0.15, -0.1) is 0 Å². The minimum atomic E-state index is -0.392. The molecule has 1 heterocycles. The first-order chi connectivity index (χ1) is 9.62. The number of nitrogens with one attached hydrogen (secondary N) is 2. The number of ether oxygens (including phenoxy) is 1. The number of aromatic nitrogens is 2. The minimum Gasteiger partial charge on any atom is -0.469 e. The van der Waals surface area contributed by atoms with Crippen LogP contribution in [0, 0.1) is 0 Å². The zero-order chi connectivity index (χ0) is 14.5. The van der Waals surface area contributed by atoms with Gasteiger partial charge in [0.2, 0.25) is 5.91 Å². The lowest BCUT2D eigenvalue weighted by atomic mass is 10.2. The number of methoxy groups -OCH3 is 1. The number of aryl methyl sites for hydroxylation is 1. The molecule has 0 aliphatic carbocycles. The first-order valence-corrected chi connectivity index (χ1v) is 6.47. The Balaban J connectivity index is 2.02. The largest absolute Gasteiger partial charge is 0.469 e. The van der Waals surface area contributed by atoms with E-state index >= 15 is 0 Å². The van der Waals surface area contributed by atoms with Crippen LogP contribution in [0.2, 0.25) is 0 Å². The Labute approximate surface area is 116 Å². The summed E-state index contributed by atoms with van der Waals surface area (Å²) < 4.78 is 4.49. The predicted molar refractivity (Wildman–Crippen MR) is 75.4 cm³/mol. The van der Waals surface area contributed by atoms with E-state index in [4.69, 9.17) is 0 Å². The van der Waals surface area contributed by atoms with Gasteiger partial charge in [0.1, 0.15) is 5.82 Å². The fraction of sp³-hybridized carbons (Fsp3) is 0.357. The third-order valence-corrected chi connectivity index (χ3v) is 2.93. The lowest BCUT2D eigenvalue weighted by molar-refractivity contribution is -0.141. The Morgan fingerprint density at radius 1 is 1.35 bits per heavy atom. The number of aromatic amines is 1. The summed E-state index contributed by atoms with van der Waals surface area (Å²) in [5.41, 5.74) is 2.43. The number of amides is 1. The highest BCUT2D eigenvalue weighted by Crippen LogP contribution is 2.17. The van der Waals surface area contributed by atoms with Crippen molar-refractivity contribution in [3.63, 3.8) is 0 Å². The number of nitrogens with zero attached hydrogens (tertiary/aromatic N) is 1. The average molecular weight is 275 g/mol. The van der Waals surface area contributed by atoms with E-state index in [9.17, 15) is 9.59 Å². The lowest BCUT2D eigenvalue weighted by Gasteiger charge is -2.04. The maximum atomic E-state index is 11.7. The standard InChI is InChI=1S/C14H17N3O3/c1-3-12-16-10-5-4-9(8-11(10)17-12)15-13(18)6-7-14(19)20-2/h4-5,8H,3,6-7H2,1-2H3,(H,15,18)(H,16,17). The van der Waals surface area contributed by atoms with Crippen molar-refractivity contribution in [2.45, 2.75) is 26.2 Å². The summed E-state index contributed by atoms with van der Waals surface area (Å²) >= 11 is 0. The van der Waals surface area contributed by atoms with E-state index < -0.39 is 5.97 Å². The number of carbonyl (C=O) groups is 2. The molecule has 106 valence electrons. The molecule has 0 aliphatic rings. The van der Waals surface area contributed by atoms with Crippen LogP contribution in [0.5, 0.6) is 0 Å². The van der Waals surface area contributed by atoms with Crippen LogP contribution in [0.4, 0.5) is 5.69 Å². The van der Waals surface area contributed by atoms with Gasteiger partial charge < -0.3 is 15.0 Å². The number of benzene rings is 1. The monoisotopic (exact) mass is 275 g/mol. The second kappa shape index (κ2) is 6.18. The van der Waals surface area contributed by atoms with Gasteiger partial charge in [-0.3, -0.25) is 9.59 Å². The molecule has 1 aromatic heterocycles. The highest BCUT2D eigenvalue weighted by molar-refractivity contribution is 5.94. The summed E-state index contributed by atoms with van der Waals surface area (Å²) in [5, 5.41) is 2.75. The highest BCUT2D eigenvalue weighted by Gasteiger charge is 2.08. The second-order valence-corrected chi connectivity index (χ2v) is 4.39. The molecule has 0 saturated heterocycles. The average Bonchev–Trinajstić information content (AvgIpc) is 2.87. The summed E-state index contributed by atoms with van der Waals surface area (Å²) in [5.74, 6) is 0.302. The number of fused-ring (bicyclic) bond motifs is 1. The Morgan fingerprint density at radius 3 is 2.85 bits per heavy atom. The van der Waals surface area contributed by atoms with Crippen molar-refractivity contribution in [3.05, 3.63) is 24.0 Å². The van der Waals surface area contributed by atoms with Crippen LogP contribution in [0.3, 0.4) is 0 Å². The van der Waals surface area contributed by atoms with Crippen molar-refractivity contribution >= 4 is 28.6 Å². The molecule has 6 heteroatoms. The molecule has 2 aromatic rings. The van der Waals surface area contributed by atoms with Crippen LogP contribution >= 0.6 is 0 Å². The summed E-state index contributed by atoms with van der Waals surface area (Å²) in [7, 11) is 1.30. The number of anilines is 1. The minimum absolute atomic E-state index is 0.0780. The van der Waals surface area contributed by atoms with Gasteiger partial charge in [0, 0.05) is 18.5 Å². The summed E-state index contributed by atoms with van der Waals surface area (Å²) in [6.07, 6.45) is 1.01. The molecule has 1 aromatic carbocycles. The Bertz CT molecular complexity index is 634. The van der Waals surface area contributed by atoms with E-state index in [0.717, 1.165) is 23.3 Å². The van der Waals surface area contributed by atoms with Crippen LogP contribution in [-0.4, -0.2) is 29.0 Å². The van der Waals surface area contributed by atoms with Crippen molar-refractivity contribution in [2.75, 3.05) is 12.4 Å². The van der Waals surface area contributed by atoms with Crippen molar-refractivity contribution < 1.29 is 14.3 Å². The van der Waals surface area contributed by atoms with E-state index in [2.05, 4.69) is 20.0 Å². The molecule has 0 aliphatic heterocycles. The third-order valence-electron chi connectivity index (χ3n) is 2.93. The molecule has 0 saturated carbocycles. The van der Waals surface area contributed by atoms with Crippen LogP contribution in [-0.2, 0) is 20.7 Å². The molecule has 0 unspecified atom stereocenters. The number of hydrogen-bond donors (Lipinski definition) is 2. The number of hydrogen-bond acceptors (Lipinski definition) is 4. The van der Waals surface area contributed by atoms with Crippen LogP contribution in [0.25, 0.3) is 11.0 Å². The predicted octanol–water partition coefficient (Wildman–Crippen LogP) is 2.02. The summed E-state index contributed by atoms with van der Waals surface area (Å²) in [4.78, 5) is 30.2. The number of imidazole rings is 1. The molecule has 0 bridgehead atoms. The smallest absolute Gasteiger partial charge is 0.306 e. The van der Waals surface area contributed by atoms with E-state index in [1.807, 2.05) is 19.1 Å². The summed E-state index contributed by atoms with van der Waals surface area (Å²) in [6.45, 7) is 2.02. The fourth-order valence-corrected chi connectivity index (χ4v) is 1.85. The van der Waals surface area contributed by atoms with Crippen molar-refractivity contribution in [3.8, 4) is 0 Å². The number of H-pyrrole nitrogens is 1. The Morgan fingerprint density at radius 2 is 2.15 bits per heavy atom. The van der Waals surface area contributed by atoms with Crippen molar-refractivity contribution in [1.29, 1.82) is 0 Å². The molecule has 2 N–H and O–H groups in total. The second-order valence-electron chi connectivity index (χ2n) is 4.39. The molecule has 0 fully saturated rings. The molecule has 20 heavy (non-hydrogen) atoms. The number of rotatable bonds is 5. The van der Waals surface area contributed by atoms with Crippen LogP contribution in [0.15, 0.2) is 18.2 Å². The Kier molecular flexibility index (Phi) is 4.34. The van der Waals surface area contributed by atoms with Gasteiger partial charge in [-0.1, -0.05) is 6.92 Å². The molecule has 1 amide bonds. The van der Waals surface area contributed by atoms with Gasteiger partial charge in [-0.2, -0.15) is 0 Å². The molecule has 2 rings (SSSR count). The highest BCUT2D eigenvalue weighted by atomic mass is 16.5. The van der Waals surface area contributed by atoms with E-state index in [0.29, 0.717) is 5.69 Å². The van der Waals surface area contributed by atoms with Gasteiger partial charge in [-0.05, 0) is 18.2 Å². The molecule has 0 radical (unpaired) electrons. The molecular weight excluding hydrogens is 258 g/mol. The maximum absolute atomic E-state index is 11.7. The lowest BCUT2D eigenvalue weighted by Crippen LogP contribution is -2.13. The zero-order valence-corrected chi connectivity index (χ0v) is 11.5. The van der Waals surface area contributed by atoms with Gasteiger partial charge in [0.25, 0.3) is 0 Å². The molecule has 0 atom stereocenters. The quantitative estimate of drug-likeness (QED) is 0.818. The van der Waals surface area contributed by atoms with Gasteiger partial charge in [0.05, 0.1) is 24.6 Å². The fourth-order valence-electron chi connectivity index (χ4n) is 1.85. The zero-order valence-electron chi connectivity index (χ0n) is 11.5. The third kappa shape index (κ3) is 3.34.